The van der Waals surface area contributed by atoms with Gasteiger partial charge in [0.05, 0.1) is 24.2 Å². The zero-order valence-electron chi connectivity index (χ0n) is 18.4. The van der Waals surface area contributed by atoms with Crippen LogP contribution in [0.4, 0.5) is 23.2 Å². The summed E-state index contributed by atoms with van der Waals surface area (Å²) in [6, 6.07) is 5.49. The lowest BCUT2D eigenvalue weighted by Gasteiger charge is -2.32. The molecule has 34 heavy (non-hydrogen) atoms. The van der Waals surface area contributed by atoms with Gasteiger partial charge < -0.3 is 20.3 Å². The molecule has 2 aliphatic rings. The Labute approximate surface area is 197 Å². The van der Waals surface area contributed by atoms with E-state index in [9.17, 15) is 27.5 Å². The number of hydrogen-bond donors (Lipinski definition) is 3. The maximum absolute atomic E-state index is 14.3. The summed E-state index contributed by atoms with van der Waals surface area (Å²) in [5.74, 6) is -2.68. The van der Waals surface area contributed by atoms with Gasteiger partial charge in [-0.2, -0.15) is 13.2 Å². The molecule has 0 radical (unpaired) electrons. The predicted molar refractivity (Wildman–Crippen MR) is 117 cm³/mol. The number of ether oxygens (including phenoxy) is 1. The third kappa shape index (κ3) is 4.19. The van der Waals surface area contributed by atoms with Crippen molar-refractivity contribution in [2.24, 2.45) is 5.92 Å². The molecule has 4 rings (SSSR count). The summed E-state index contributed by atoms with van der Waals surface area (Å²) in [5, 5.41) is 21.2. The first kappa shape index (κ1) is 24.9. The minimum absolute atomic E-state index is 0.174. The Morgan fingerprint density at radius 2 is 2.09 bits per heavy atom. The van der Waals surface area contributed by atoms with Crippen LogP contribution in [0, 0.1) is 11.7 Å². The van der Waals surface area contributed by atoms with Crippen molar-refractivity contribution in [1.29, 1.82) is 0 Å². The third-order valence-electron chi connectivity index (χ3n) is 6.69. The molecule has 1 aromatic heterocycles. The summed E-state index contributed by atoms with van der Waals surface area (Å²) in [6.45, 7) is 1.79. The first-order chi connectivity index (χ1) is 16.0. The molecule has 184 valence electrons. The van der Waals surface area contributed by atoms with Crippen molar-refractivity contribution in [1.82, 2.24) is 4.98 Å². The number of hydrogen-bond acceptors (Lipinski definition) is 6. The molecule has 0 saturated carbocycles. The summed E-state index contributed by atoms with van der Waals surface area (Å²) in [7, 11) is 0. The number of anilines is 1. The van der Waals surface area contributed by atoms with E-state index in [4.69, 9.17) is 9.84 Å². The van der Waals surface area contributed by atoms with Gasteiger partial charge in [-0.1, -0.05) is 13.0 Å². The molecule has 2 aromatic rings. The van der Waals surface area contributed by atoms with Gasteiger partial charge in [-0.25, -0.2) is 4.39 Å². The van der Waals surface area contributed by atoms with Crippen molar-refractivity contribution in [3.05, 3.63) is 53.1 Å². The number of fused-ring (bicyclic) bond motifs is 1. The van der Waals surface area contributed by atoms with Crippen LogP contribution < -0.4 is 5.32 Å². The van der Waals surface area contributed by atoms with E-state index >= 15 is 0 Å². The molecule has 1 fully saturated rings. The molecule has 5 atom stereocenters. The first-order valence-electron chi connectivity index (χ1n) is 10.7. The van der Waals surface area contributed by atoms with Crippen LogP contribution >= 0.6 is 11.8 Å². The van der Waals surface area contributed by atoms with Gasteiger partial charge in [0.25, 0.3) is 5.91 Å². The first-order valence-corrected chi connectivity index (χ1v) is 11.7. The Bertz CT molecular complexity index is 1080. The zero-order chi connectivity index (χ0) is 24.8. The molecule has 1 aromatic carbocycles. The molecule has 2 aliphatic heterocycles. The number of rotatable bonds is 5. The van der Waals surface area contributed by atoms with E-state index in [2.05, 4.69) is 10.3 Å². The largest absolute Gasteiger partial charge is 0.417 e. The number of carbonyl (C=O) groups excluding carboxylic acids is 1. The van der Waals surface area contributed by atoms with Gasteiger partial charge in [0.2, 0.25) is 0 Å². The summed E-state index contributed by atoms with van der Waals surface area (Å²) in [4.78, 5) is 17.7. The number of aliphatic hydroxyl groups is 2. The highest BCUT2D eigenvalue weighted by Crippen LogP contribution is 2.55. The number of thioether (sulfide) groups is 1. The zero-order valence-corrected chi connectivity index (χ0v) is 19.2. The topological polar surface area (TPSA) is 91.7 Å². The number of amides is 1. The second kappa shape index (κ2) is 9.10. The van der Waals surface area contributed by atoms with Crippen LogP contribution in [0.5, 0.6) is 0 Å². The molecule has 0 aliphatic carbocycles. The van der Waals surface area contributed by atoms with Crippen LogP contribution in [0.3, 0.4) is 0 Å². The maximum Gasteiger partial charge on any atom is 0.417 e. The minimum atomic E-state index is -4.74. The number of benzene rings is 1. The monoisotopic (exact) mass is 500 g/mol. The standard InChI is InChI=1S/C23H24F4N2O4S/c1-11-18(14-4-5-15(24)13-7-8-34-20(13)14)19(33-22(11,2)23(25,26)27)21(32)29-12-3-6-16(28-9-12)17(31)10-30/h3-6,9,11,17-19,30-31H,7-8,10H2,1-2H3,(H,29,32)/t11-,17-,18-,19+,22+/m0/s1. The molecule has 0 spiro atoms. The summed E-state index contributed by atoms with van der Waals surface area (Å²) in [6.07, 6.45) is -5.72. The second-order valence-corrected chi connectivity index (χ2v) is 9.77. The van der Waals surface area contributed by atoms with E-state index in [-0.39, 0.29) is 11.4 Å². The van der Waals surface area contributed by atoms with E-state index in [1.54, 1.807) is 0 Å². The number of nitrogens with one attached hydrogen (secondary N) is 1. The molecular formula is C23H24F4N2O4S. The lowest BCUT2D eigenvalue weighted by atomic mass is 9.76. The van der Waals surface area contributed by atoms with E-state index in [1.165, 1.54) is 49.1 Å². The number of pyridine rings is 1. The Morgan fingerprint density at radius 3 is 2.71 bits per heavy atom. The highest BCUT2D eigenvalue weighted by atomic mass is 32.2. The predicted octanol–water partition coefficient (Wildman–Crippen LogP) is 3.97. The number of aromatic nitrogens is 1. The van der Waals surface area contributed by atoms with Gasteiger partial charge in [-0.05, 0) is 37.1 Å². The van der Waals surface area contributed by atoms with E-state index < -0.39 is 54.2 Å². The number of alkyl halides is 3. The molecule has 1 amide bonds. The van der Waals surface area contributed by atoms with Gasteiger partial charge in [0.1, 0.15) is 18.0 Å². The van der Waals surface area contributed by atoms with Crippen LogP contribution in [0.1, 0.15) is 42.7 Å². The van der Waals surface area contributed by atoms with Crippen LogP contribution in [-0.4, -0.2) is 51.3 Å². The van der Waals surface area contributed by atoms with Gasteiger partial charge in [-0.3, -0.25) is 9.78 Å². The second-order valence-electron chi connectivity index (χ2n) is 8.66. The lowest BCUT2D eigenvalue weighted by molar-refractivity contribution is -0.272. The number of aliphatic hydroxyl groups excluding tert-OH is 2. The van der Waals surface area contributed by atoms with Crippen LogP contribution in [0.15, 0.2) is 35.4 Å². The van der Waals surface area contributed by atoms with Gasteiger partial charge in [-0.15, -0.1) is 11.8 Å². The van der Waals surface area contributed by atoms with Crippen molar-refractivity contribution >= 4 is 23.4 Å². The smallest absolute Gasteiger partial charge is 0.393 e. The Morgan fingerprint density at radius 1 is 1.35 bits per heavy atom. The molecule has 3 heterocycles. The lowest BCUT2D eigenvalue weighted by Crippen LogP contribution is -2.47. The number of nitrogens with zero attached hydrogens (tertiary/aromatic N) is 1. The van der Waals surface area contributed by atoms with Crippen LogP contribution in [0.25, 0.3) is 0 Å². The van der Waals surface area contributed by atoms with Crippen molar-refractivity contribution < 1.29 is 37.3 Å². The Kier molecular flexibility index (Phi) is 6.67. The molecule has 6 nitrogen and oxygen atoms in total. The van der Waals surface area contributed by atoms with E-state index in [1.807, 2.05) is 0 Å². The van der Waals surface area contributed by atoms with Crippen molar-refractivity contribution in [3.8, 4) is 0 Å². The van der Waals surface area contributed by atoms with E-state index in [0.29, 0.717) is 28.2 Å². The highest BCUT2D eigenvalue weighted by molar-refractivity contribution is 7.99. The van der Waals surface area contributed by atoms with Crippen molar-refractivity contribution in [2.75, 3.05) is 17.7 Å². The van der Waals surface area contributed by atoms with Gasteiger partial charge >= 0.3 is 6.18 Å². The normalized spacial score (nSPS) is 27.5. The summed E-state index contributed by atoms with van der Waals surface area (Å²) >= 11 is 1.37. The summed E-state index contributed by atoms with van der Waals surface area (Å²) < 4.78 is 62.0. The molecule has 0 bridgehead atoms. The fraction of sp³-hybridized carbons (Fsp3) is 0.478. The maximum atomic E-state index is 14.3. The average Bonchev–Trinajstić information content (AvgIpc) is 3.39. The number of carbonyl (C=O) groups is 1. The van der Waals surface area contributed by atoms with Gasteiger partial charge in [0, 0.05) is 28.0 Å². The Balaban J connectivity index is 1.69. The fourth-order valence-corrected chi connectivity index (χ4v) is 5.80. The molecule has 3 N–H and O–H groups in total. The van der Waals surface area contributed by atoms with Crippen molar-refractivity contribution in [2.45, 2.75) is 55.1 Å². The van der Waals surface area contributed by atoms with Gasteiger partial charge in [0.15, 0.2) is 5.60 Å². The molecule has 1 saturated heterocycles. The number of halogens is 4. The SMILES string of the molecule is C[C@H]1[C@@H](c2ccc(F)c3c2SCC3)[C@H](C(=O)Nc2ccc([C@@H](O)CO)nc2)O[C@@]1(C)C(F)(F)F. The molecular weight excluding hydrogens is 476 g/mol. The fourth-order valence-electron chi connectivity index (χ4n) is 4.55. The van der Waals surface area contributed by atoms with Crippen LogP contribution in [-0.2, 0) is 16.0 Å². The highest BCUT2D eigenvalue weighted by Gasteiger charge is 2.65. The summed E-state index contributed by atoms with van der Waals surface area (Å²) in [5.41, 5.74) is -1.30. The molecule has 0 unspecified atom stereocenters. The minimum Gasteiger partial charge on any atom is -0.393 e. The Hall–Kier alpha value is -2.21. The quantitative estimate of drug-likeness (QED) is 0.539. The van der Waals surface area contributed by atoms with E-state index in [0.717, 1.165) is 6.92 Å². The average molecular weight is 501 g/mol. The molecule has 11 heteroatoms. The third-order valence-corrected chi connectivity index (χ3v) is 7.87. The van der Waals surface area contributed by atoms with Crippen molar-refractivity contribution in [3.63, 3.8) is 0 Å². The van der Waals surface area contributed by atoms with Crippen LogP contribution in [0.2, 0.25) is 0 Å².